The van der Waals surface area contributed by atoms with E-state index >= 15 is 0 Å². The van der Waals surface area contributed by atoms with Crippen molar-refractivity contribution >= 4 is 22.4 Å². The molecule has 19 heavy (non-hydrogen) atoms. The molecular weight excluding hydrogens is 284 g/mol. The smallest absolute Gasteiger partial charge is 0.241 e. The number of nitrogens with one attached hydrogen (secondary N) is 1. The van der Waals surface area contributed by atoms with Crippen LogP contribution in [0.25, 0.3) is 0 Å². The standard InChI is InChI=1S/C13H22N2O2S.ClH/c1-4-13(5-2,10-14)15-18(16,17)12-8-6-7-11(3)9-12;/h6-9,15H,4-5,10,14H2,1-3H3;1H. The van der Waals surface area contributed by atoms with Crippen molar-refractivity contribution in [3.63, 3.8) is 0 Å². The summed E-state index contributed by atoms with van der Waals surface area (Å²) in [6.07, 6.45) is 1.34. The molecule has 0 fully saturated rings. The van der Waals surface area contributed by atoms with E-state index in [1.54, 1.807) is 18.2 Å². The Kier molecular flexibility index (Phi) is 7.00. The van der Waals surface area contributed by atoms with Crippen molar-refractivity contribution in [3.05, 3.63) is 29.8 Å². The van der Waals surface area contributed by atoms with Gasteiger partial charge in [-0.15, -0.1) is 12.4 Å². The average molecular weight is 307 g/mol. The van der Waals surface area contributed by atoms with E-state index in [1.165, 1.54) is 0 Å². The maximum Gasteiger partial charge on any atom is 0.241 e. The van der Waals surface area contributed by atoms with Crippen LogP contribution >= 0.6 is 12.4 Å². The van der Waals surface area contributed by atoms with Crippen LogP contribution in [0.2, 0.25) is 0 Å². The average Bonchev–Trinajstić information content (AvgIpc) is 2.36. The summed E-state index contributed by atoms with van der Waals surface area (Å²) in [7, 11) is -3.51. The molecule has 3 N–H and O–H groups in total. The summed E-state index contributed by atoms with van der Waals surface area (Å²) in [6.45, 7) is 6.05. The summed E-state index contributed by atoms with van der Waals surface area (Å²) >= 11 is 0. The van der Waals surface area contributed by atoms with Gasteiger partial charge >= 0.3 is 0 Å². The maximum atomic E-state index is 12.3. The number of hydrogen-bond donors (Lipinski definition) is 2. The fraction of sp³-hybridized carbons (Fsp3) is 0.538. The molecule has 1 aromatic rings. The molecule has 0 atom stereocenters. The van der Waals surface area contributed by atoms with Gasteiger partial charge < -0.3 is 5.73 Å². The molecule has 0 aromatic heterocycles. The second-order valence-corrected chi connectivity index (χ2v) is 6.30. The molecule has 1 rings (SSSR count). The SMILES string of the molecule is CCC(CC)(CN)NS(=O)(=O)c1cccc(C)c1.Cl. The molecular formula is C13H23ClN2O2S. The zero-order chi connectivity index (χ0) is 13.8. The lowest BCUT2D eigenvalue weighted by Crippen LogP contribution is -2.52. The van der Waals surface area contributed by atoms with E-state index in [0.29, 0.717) is 24.3 Å². The number of rotatable bonds is 6. The van der Waals surface area contributed by atoms with Crippen molar-refractivity contribution < 1.29 is 8.42 Å². The van der Waals surface area contributed by atoms with E-state index in [2.05, 4.69) is 4.72 Å². The zero-order valence-electron chi connectivity index (χ0n) is 11.6. The van der Waals surface area contributed by atoms with Crippen LogP contribution in [0, 0.1) is 6.92 Å². The third kappa shape index (κ3) is 4.45. The molecule has 0 amide bonds. The Labute approximate surface area is 122 Å². The summed E-state index contributed by atoms with van der Waals surface area (Å²) in [5.74, 6) is 0. The third-order valence-corrected chi connectivity index (χ3v) is 4.97. The molecule has 4 nitrogen and oxygen atoms in total. The minimum absolute atomic E-state index is 0. The number of sulfonamides is 1. The number of hydrogen-bond acceptors (Lipinski definition) is 3. The summed E-state index contributed by atoms with van der Waals surface area (Å²) in [5.41, 5.74) is 6.08. The van der Waals surface area contributed by atoms with Gasteiger partial charge in [0.25, 0.3) is 0 Å². The van der Waals surface area contributed by atoms with Gasteiger partial charge in [0.05, 0.1) is 4.90 Å². The number of benzene rings is 1. The third-order valence-electron chi connectivity index (χ3n) is 3.40. The van der Waals surface area contributed by atoms with E-state index in [-0.39, 0.29) is 12.4 Å². The molecule has 0 bridgehead atoms. The van der Waals surface area contributed by atoms with Crippen LogP contribution in [0.3, 0.4) is 0 Å². The molecule has 6 heteroatoms. The highest BCUT2D eigenvalue weighted by atomic mass is 35.5. The normalized spacial score (nSPS) is 12.0. The van der Waals surface area contributed by atoms with Crippen LogP contribution < -0.4 is 10.5 Å². The van der Waals surface area contributed by atoms with Crippen molar-refractivity contribution in [3.8, 4) is 0 Å². The van der Waals surface area contributed by atoms with Crippen LogP contribution in [-0.2, 0) is 10.0 Å². The topological polar surface area (TPSA) is 72.2 Å². The fourth-order valence-corrected chi connectivity index (χ4v) is 3.51. The molecule has 0 aliphatic heterocycles. The highest BCUT2D eigenvalue weighted by molar-refractivity contribution is 7.89. The highest BCUT2D eigenvalue weighted by Crippen LogP contribution is 2.19. The Morgan fingerprint density at radius 3 is 2.26 bits per heavy atom. The van der Waals surface area contributed by atoms with Gasteiger partial charge in [-0.05, 0) is 37.5 Å². The van der Waals surface area contributed by atoms with E-state index < -0.39 is 15.6 Å². The summed E-state index contributed by atoms with van der Waals surface area (Å²) in [6, 6.07) is 6.87. The van der Waals surface area contributed by atoms with E-state index in [4.69, 9.17) is 5.73 Å². The molecule has 0 saturated carbocycles. The van der Waals surface area contributed by atoms with Gasteiger partial charge in [-0.3, -0.25) is 0 Å². The van der Waals surface area contributed by atoms with Crippen molar-refractivity contribution in [2.24, 2.45) is 5.73 Å². The molecule has 0 radical (unpaired) electrons. The second kappa shape index (κ2) is 7.24. The van der Waals surface area contributed by atoms with Gasteiger partial charge in [-0.25, -0.2) is 13.1 Å². The van der Waals surface area contributed by atoms with E-state index in [1.807, 2.05) is 26.8 Å². The highest BCUT2D eigenvalue weighted by Gasteiger charge is 2.30. The molecule has 0 aliphatic rings. The molecule has 0 heterocycles. The van der Waals surface area contributed by atoms with Gasteiger partial charge in [0.2, 0.25) is 10.0 Å². The van der Waals surface area contributed by atoms with Gasteiger partial charge in [0, 0.05) is 12.1 Å². The fourth-order valence-electron chi connectivity index (χ4n) is 1.85. The first kappa shape index (κ1) is 18.4. The van der Waals surface area contributed by atoms with Gasteiger partial charge in [0.1, 0.15) is 0 Å². The molecule has 110 valence electrons. The Balaban J connectivity index is 0.00000324. The predicted molar refractivity (Wildman–Crippen MR) is 81.1 cm³/mol. The number of aryl methyl sites for hydroxylation is 1. The second-order valence-electron chi connectivity index (χ2n) is 4.61. The summed E-state index contributed by atoms with van der Waals surface area (Å²) < 4.78 is 27.4. The first-order valence-corrected chi connectivity index (χ1v) is 7.68. The van der Waals surface area contributed by atoms with Gasteiger partial charge in [0.15, 0.2) is 0 Å². The Morgan fingerprint density at radius 2 is 1.84 bits per heavy atom. The molecule has 0 aliphatic carbocycles. The first-order valence-electron chi connectivity index (χ1n) is 6.20. The van der Waals surface area contributed by atoms with Crippen LogP contribution in [-0.4, -0.2) is 20.5 Å². The zero-order valence-corrected chi connectivity index (χ0v) is 13.3. The lowest BCUT2D eigenvalue weighted by molar-refractivity contribution is 0.363. The summed E-state index contributed by atoms with van der Waals surface area (Å²) in [4.78, 5) is 0.294. The lowest BCUT2D eigenvalue weighted by atomic mass is 9.95. The Bertz CT molecular complexity index is 491. The quantitative estimate of drug-likeness (QED) is 0.846. The monoisotopic (exact) mass is 306 g/mol. The lowest BCUT2D eigenvalue weighted by Gasteiger charge is -2.31. The van der Waals surface area contributed by atoms with Gasteiger partial charge in [-0.1, -0.05) is 26.0 Å². The largest absolute Gasteiger partial charge is 0.329 e. The minimum atomic E-state index is -3.51. The van der Waals surface area contributed by atoms with Crippen molar-refractivity contribution in [2.45, 2.75) is 44.0 Å². The van der Waals surface area contributed by atoms with E-state index in [9.17, 15) is 8.42 Å². The molecule has 1 aromatic carbocycles. The molecule has 0 unspecified atom stereocenters. The van der Waals surface area contributed by atoms with Crippen LogP contribution in [0.1, 0.15) is 32.3 Å². The van der Waals surface area contributed by atoms with Crippen LogP contribution in [0.4, 0.5) is 0 Å². The number of halogens is 1. The predicted octanol–water partition coefficient (Wildman–Crippen LogP) is 2.21. The molecule has 0 spiro atoms. The van der Waals surface area contributed by atoms with Crippen molar-refractivity contribution in [1.82, 2.24) is 4.72 Å². The Morgan fingerprint density at radius 1 is 1.26 bits per heavy atom. The first-order chi connectivity index (χ1) is 8.39. The van der Waals surface area contributed by atoms with Crippen molar-refractivity contribution in [1.29, 1.82) is 0 Å². The van der Waals surface area contributed by atoms with Crippen molar-refractivity contribution in [2.75, 3.05) is 6.54 Å². The Hall–Kier alpha value is -0.620. The van der Waals surface area contributed by atoms with E-state index in [0.717, 1.165) is 5.56 Å². The maximum absolute atomic E-state index is 12.3. The summed E-state index contributed by atoms with van der Waals surface area (Å²) in [5, 5.41) is 0. The van der Waals surface area contributed by atoms with Gasteiger partial charge in [-0.2, -0.15) is 0 Å². The minimum Gasteiger partial charge on any atom is -0.329 e. The number of nitrogens with two attached hydrogens (primary N) is 1. The van der Waals surface area contributed by atoms with Crippen LogP contribution in [0.15, 0.2) is 29.2 Å². The van der Waals surface area contributed by atoms with Crippen LogP contribution in [0.5, 0.6) is 0 Å². The molecule has 0 saturated heterocycles.